The van der Waals surface area contributed by atoms with Crippen LogP contribution < -0.4 is 20.1 Å². The molecule has 25 heavy (non-hydrogen) atoms. The van der Waals surface area contributed by atoms with Crippen LogP contribution in [-0.2, 0) is 4.79 Å². The number of piperidine rings is 1. The molecule has 1 aromatic carbocycles. The number of anilines is 1. The van der Waals surface area contributed by atoms with E-state index in [9.17, 15) is 4.79 Å². The predicted octanol–water partition coefficient (Wildman–Crippen LogP) is 3.02. The van der Waals surface area contributed by atoms with Crippen molar-refractivity contribution in [2.24, 2.45) is 0 Å². The summed E-state index contributed by atoms with van der Waals surface area (Å²) < 4.78 is 10.8. The van der Waals surface area contributed by atoms with E-state index in [0.717, 1.165) is 31.7 Å². The zero-order valence-corrected chi connectivity index (χ0v) is 15.3. The van der Waals surface area contributed by atoms with Gasteiger partial charge in [-0.2, -0.15) is 0 Å². The molecule has 0 spiro atoms. The molecule has 2 N–H and O–H groups in total. The lowest BCUT2D eigenvalue weighted by Crippen LogP contribution is -2.30. The zero-order valence-electron chi connectivity index (χ0n) is 14.5. The lowest BCUT2D eigenvalue weighted by atomic mass is 9.97. The Labute approximate surface area is 151 Å². The van der Waals surface area contributed by atoms with Crippen molar-refractivity contribution in [3.8, 4) is 11.5 Å². The highest BCUT2D eigenvalue weighted by Gasteiger charge is 2.20. The average molecular weight is 361 g/mol. The maximum absolute atomic E-state index is 12.3. The number of hydrogen-bond acceptors (Lipinski definition) is 6. The summed E-state index contributed by atoms with van der Waals surface area (Å²) in [4.78, 5) is 17.9. The van der Waals surface area contributed by atoms with Gasteiger partial charge in [-0.25, -0.2) is 4.98 Å². The second-order valence-electron chi connectivity index (χ2n) is 6.02. The average Bonchev–Trinajstić information content (AvgIpc) is 3.11. The molecule has 134 valence electrons. The van der Waals surface area contributed by atoms with Crippen LogP contribution in [0.15, 0.2) is 30.5 Å². The number of aromatic nitrogens is 1. The summed E-state index contributed by atoms with van der Waals surface area (Å²) in [7, 11) is 1.61. The van der Waals surface area contributed by atoms with Crippen LogP contribution >= 0.6 is 11.3 Å². The highest BCUT2D eigenvalue weighted by atomic mass is 32.1. The molecule has 3 rings (SSSR count). The maximum Gasteiger partial charge on any atom is 0.266 e. The number of hydrogen-bond donors (Lipinski definition) is 2. The molecular weight excluding hydrogens is 338 g/mol. The van der Waals surface area contributed by atoms with Crippen LogP contribution in [0.25, 0.3) is 0 Å². The molecule has 1 fully saturated rings. The number of nitrogens with zero attached hydrogens (tertiary/aromatic N) is 1. The molecule has 0 radical (unpaired) electrons. The number of carbonyl (C=O) groups excluding carboxylic acids is 1. The molecule has 0 aliphatic carbocycles. The number of methoxy groups -OCH3 is 1. The molecule has 2 heterocycles. The molecular formula is C18H23N3O3S. The van der Waals surface area contributed by atoms with Crippen LogP contribution in [0.2, 0.25) is 0 Å². The highest BCUT2D eigenvalue weighted by Crippen LogP contribution is 2.31. The summed E-state index contributed by atoms with van der Waals surface area (Å²) in [6.45, 7) is 3.80. The third-order valence-electron chi connectivity index (χ3n) is 4.24. The fourth-order valence-corrected chi connectivity index (χ4v) is 3.75. The van der Waals surface area contributed by atoms with Gasteiger partial charge in [0.05, 0.1) is 7.11 Å². The summed E-state index contributed by atoms with van der Waals surface area (Å²) in [5.41, 5.74) is 0. The Hall–Kier alpha value is -2.12. The van der Waals surface area contributed by atoms with Crippen molar-refractivity contribution in [3.63, 3.8) is 0 Å². The van der Waals surface area contributed by atoms with Crippen LogP contribution in [0.4, 0.5) is 5.13 Å². The Morgan fingerprint density at radius 3 is 2.64 bits per heavy atom. The topological polar surface area (TPSA) is 72.5 Å². The number of ether oxygens (including phenoxy) is 2. The van der Waals surface area contributed by atoms with E-state index in [-0.39, 0.29) is 5.91 Å². The smallest absolute Gasteiger partial charge is 0.266 e. The van der Waals surface area contributed by atoms with Crippen LogP contribution in [-0.4, -0.2) is 37.2 Å². The van der Waals surface area contributed by atoms with E-state index >= 15 is 0 Å². The minimum absolute atomic E-state index is 0.206. The standard InChI is InChI=1S/C18H23N3O3S/c1-12(24-15-5-3-14(23-2)4-6-15)17(22)21-18-20-11-16(25-18)13-7-9-19-10-8-13/h3-6,11-13,19H,7-10H2,1-2H3,(H,20,21,22). The van der Waals surface area contributed by atoms with Gasteiger partial charge in [0, 0.05) is 11.1 Å². The summed E-state index contributed by atoms with van der Waals surface area (Å²) in [5, 5.41) is 6.83. The normalized spacial score (nSPS) is 16.2. The Kier molecular flexibility index (Phi) is 5.88. The molecule has 1 atom stereocenters. The number of thiazole rings is 1. The van der Waals surface area contributed by atoms with Crippen LogP contribution in [0.1, 0.15) is 30.6 Å². The quantitative estimate of drug-likeness (QED) is 0.827. The first-order valence-electron chi connectivity index (χ1n) is 8.43. The van der Waals surface area contributed by atoms with Gasteiger partial charge in [-0.05, 0) is 63.0 Å². The molecule has 1 aromatic heterocycles. The van der Waals surface area contributed by atoms with E-state index in [4.69, 9.17) is 9.47 Å². The van der Waals surface area contributed by atoms with Gasteiger partial charge in [0.1, 0.15) is 11.5 Å². The maximum atomic E-state index is 12.3. The van der Waals surface area contributed by atoms with Gasteiger partial charge in [0.25, 0.3) is 5.91 Å². The molecule has 6 nitrogen and oxygen atoms in total. The Morgan fingerprint density at radius 2 is 1.96 bits per heavy atom. The molecule has 0 bridgehead atoms. The lowest BCUT2D eigenvalue weighted by Gasteiger charge is -2.20. The minimum Gasteiger partial charge on any atom is -0.497 e. The molecule has 1 aliphatic heterocycles. The van der Waals surface area contributed by atoms with E-state index in [1.54, 1.807) is 49.6 Å². The largest absolute Gasteiger partial charge is 0.497 e. The summed E-state index contributed by atoms with van der Waals surface area (Å²) in [6.07, 6.45) is 3.50. The SMILES string of the molecule is COc1ccc(OC(C)C(=O)Nc2ncc(C3CCNCC3)s2)cc1. The van der Waals surface area contributed by atoms with Crippen LogP contribution in [0.3, 0.4) is 0 Å². The van der Waals surface area contributed by atoms with Crippen molar-refractivity contribution in [3.05, 3.63) is 35.3 Å². The van der Waals surface area contributed by atoms with Crippen LogP contribution in [0, 0.1) is 0 Å². The lowest BCUT2D eigenvalue weighted by molar-refractivity contribution is -0.122. The van der Waals surface area contributed by atoms with Gasteiger partial charge >= 0.3 is 0 Å². The Bertz CT molecular complexity index is 696. The first kappa shape index (κ1) is 17.7. The number of carbonyl (C=O) groups is 1. The Morgan fingerprint density at radius 1 is 1.28 bits per heavy atom. The van der Waals surface area contributed by atoms with Crippen molar-refractivity contribution in [2.75, 3.05) is 25.5 Å². The fourth-order valence-electron chi connectivity index (χ4n) is 2.76. The van der Waals surface area contributed by atoms with Gasteiger partial charge < -0.3 is 14.8 Å². The summed E-state index contributed by atoms with van der Waals surface area (Å²) in [6, 6.07) is 7.15. The first-order chi connectivity index (χ1) is 12.2. The van der Waals surface area contributed by atoms with Gasteiger partial charge in [-0.3, -0.25) is 10.1 Å². The molecule has 0 saturated carbocycles. The van der Waals surface area contributed by atoms with E-state index in [1.165, 1.54) is 4.88 Å². The van der Waals surface area contributed by atoms with E-state index < -0.39 is 6.10 Å². The number of nitrogens with one attached hydrogen (secondary N) is 2. The second kappa shape index (κ2) is 8.31. The molecule has 1 aliphatic rings. The molecule has 1 amide bonds. The summed E-state index contributed by atoms with van der Waals surface area (Å²) >= 11 is 1.55. The van der Waals surface area contributed by atoms with Crippen molar-refractivity contribution in [1.82, 2.24) is 10.3 Å². The van der Waals surface area contributed by atoms with Gasteiger partial charge in [-0.15, -0.1) is 11.3 Å². The Balaban J connectivity index is 1.54. The predicted molar refractivity (Wildman–Crippen MR) is 98.7 cm³/mol. The fraction of sp³-hybridized carbons (Fsp3) is 0.444. The minimum atomic E-state index is -0.611. The number of amides is 1. The molecule has 1 saturated heterocycles. The van der Waals surface area contributed by atoms with Gasteiger partial charge in [0.2, 0.25) is 0 Å². The van der Waals surface area contributed by atoms with E-state index in [1.807, 2.05) is 6.20 Å². The first-order valence-corrected chi connectivity index (χ1v) is 9.25. The molecule has 1 unspecified atom stereocenters. The van der Waals surface area contributed by atoms with E-state index in [2.05, 4.69) is 15.6 Å². The molecule has 2 aromatic rings. The number of benzene rings is 1. The van der Waals surface area contributed by atoms with Crippen molar-refractivity contribution in [1.29, 1.82) is 0 Å². The van der Waals surface area contributed by atoms with Crippen molar-refractivity contribution in [2.45, 2.75) is 31.8 Å². The number of rotatable bonds is 6. The van der Waals surface area contributed by atoms with Gasteiger partial charge in [0.15, 0.2) is 11.2 Å². The third kappa shape index (κ3) is 4.70. The highest BCUT2D eigenvalue weighted by molar-refractivity contribution is 7.15. The van der Waals surface area contributed by atoms with Crippen molar-refractivity contribution >= 4 is 22.4 Å². The molecule has 7 heteroatoms. The van der Waals surface area contributed by atoms with Crippen LogP contribution in [0.5, 0.6) is 11.5 Å². The second-order valence-corrected chi connectivity index (χ2v) is 7.08. The monoisotopic (exact) mass is 361 g/mol. The van der Waals surface area contributed by atoms with Crippen molar-refractivity contribution < 1.29 is 14.3 Å². The summed E-state index contributed by atoms with van der Waals surface area (Å²) in [5.74, 6) is 1.70. The van der Waals surface area contributed by atoms with E-state index in [0.29, 0.717) is 16.8 Å². The third-order valence-corrected chi connectivity index (χ3v) is 5.31. The zero-order chi connectivity index (χ0) is 17.6. The van der Waals surface area contributed by atoms with Gasteiger partial charge in [-0.1, -0.05) is 0 Å².